The number of phenolic OH excluding ortho intramolecular Hbond substituents is 1. The van der Waals surface area contributed by atoms with Gasteiger partial charge in [0.05, 0.1) is 11.7 Å². The predicted molar refractivity (Wildman–Crippen MR) is 63.4 cm³/mol. The van der Waals surface area contributed by atoms with Gasteiger partial charge in [-0.1, -0.05) is 0 Å². The molecule has 0 saturated carbocycles. The van der Waals surface area contributed by atoms with Crippen LogP contribution in [-0.2, 0) is 0 Å². The molecular weight excluding hydrogens is 236 g/mol. The van der Waals surface area contributed by atoms with E-state index < -0.39 is 17.6 Å². The molecule has 3 rings (SSSR count). The summed E-state index contributed by atoms with van der Waals surface area (Å²) in [4.78, 5) is 12.2. The lowest BCUT2D eigenvalue weighted by Gasteiger charge is -2.07. The molecule has 3 N–H and O–H groups in total. The highest BCUT2D eigenvalue weighted by molar-refractivity contribution is 5.84. The highest BCUT2D eigenvalue weighted by Gasteiger charge is 2.34. The van der Waals surface area contributed by atoms with E-state index in [9.17, 15) is 20.1 Å². The Balaban J connectivity index is 2.48. The van der Waals surface area contributed by atoms with Gasteiger partial charge in [-0.3, -0.25) is 4.79 Å². The van der Waals surface area contributed by atoms with Crippen LogP contribution in [0.25, 0.3) is 11.0 Å². The van der Waals surface area contributed by atoms with Crippen LogP contribution in [-0.4, -0.2) is 15.3 Å². The number of aryl methyl sites for hydroxylation is 1. The molecule has 2 atom stereocenters. The van der Waals surface area contributed by atoms with Crippen molar-refractivity contribution in [3.05, 3.63) is 39.2 Å². The molecule has 1 aliphatic rings. The number of rotatable bonds is 0. The van der Waals surface area contributed by atoms with E-state index in [2.05, 4.69) is 0 Å². The van der Waals surface area contributed by atoms with E-state index in [4.69, 9.17) is 4.42 Å². The predicted octanol–water partition coefficient (Wildman–Crippen LogP) is 1.28. The Morgan fingerprint density at radius 3 is 2.72 bits per heavy atom. The maximum atomic E-state index is 12.2. The van der Waals surface area contributed by atoms with Gasteiger partial charge in [0, 0.05) is 6.42 Å². The Labute approximate surface area is 102 Å². The Morgan fingerprint density at radius 1 is 1.28 bits per heavy atom. The summed E-state index contributed by atoms with van der Waals surface area (Å²) >= 11 is 0. The maximum Gasteiger partial charge on any atom is 0.202 e. The lowest BCUT2D eigenvalue weighted by molar-refractivity contribution is 0.0987. The van der Waals surface area contributed by atoms with Crippen molar-refractivity contribution >= 4 is 11.0 Å². The first-order valence-electron chi connectivity index (χ1n) is 5.65. The van der Waals surface area contributed by atoms with E-state index in [1.54, 1.807) is 13.0 Å². The van der Waals surface area contributed by atoms with Crippen molar-refractivity contribution < 1.29 is 19.7 Å². The van der Waals surface area contributed by atoms with Gasteiger partial charge in [0.15, 0.2) is 0 Å². The van der Waals surface area contributed by atoms with E-state index in [1.807, 2.05) is 0 Å². The molecule has 5 nitrogen and oxygen atoms in total. The van der Waals surface area contributed by atoms with Crippen molar-refractivity contribution in [2.45, 2.75) is 25.6 Å². The van der Waals surface area contributed by atoms with E-state index in [-0.39, 0.29) is 34.5 Å². The summed E-state index contributed by atoms with van der Waals surface area (Å²) in [5.74, 6) is -0.0693. The number of aliphatic hydroxyl groups excluding tert-OH is 2. The summed E-state index contributed by atoms with van der Waals surface area (Å²) in [6.45, 7) is 1.76. The Hall–Kier alpha value is -1.85. The molecule has 1 heterocycles. The highest BCUT2D eigenvalue weighted by atomic mass is 16.4. The second-order valence-corrected chi connectivity index (χ2v) is 4.63. The lowest BCUT2D eigenvalue weighted by Crippen LogP contribution is -2.12. The average Bonchev–Trinajstić information content (AvgIpc) is 2.53. The zero-order valence-electron chi connectivity index (χ0n) is 9.67. The summed E-state index contributed by atoms with van der Waals surface area (Å²) in [5.41, 5.74) is 0.544. The number of aromatic hydroxyl groups is 1. The molecule has 0 fully saturated rings. The summed E-state index contributed by atoms with van der Waals surface area (Å²) < 4.78 is 5.46. The molecule has 0 spiro atoms. The number of hydrogen-bond donors (Lipinski definition) is 3. The zero-order chi connectivity index (χ0) is 13.0. The SMILES string of the molecule is Cc1cc(O)c2c(=O)c3c(oc2c1)C(O)CC3O. The fourth-order valence-corrected chi connectivity index (χ4v) is 2.46. The van der Waals surface area contributed by atoms with E-state index in [0.717, 1.165) is 5.56 Å². The highest BCUT2D eigenvalue weighted by Crippen LogP contribution is 2.39. The van der Waals surface area contributed by atoms with Gasteiger partial charge >= 0.3 is 0 Å². The summed E-state index contributed by atoms with van der Waals surface area (Å²) in [6.07, 6.45) is -1.98. The topological polar surface area (TPSA) is 90.9 Å². The molecule has 0 radical (unpaired) electrons. The first-order valence-corrected chi connectivity index (χ1v) is 5.65. The van der Waals surface area contributed by atoms with Crippen molar-refractivity contribution in [1.82, 2.24) is 0 Å². The Morgan fingerprint density at radius 2 is 2.00 bits per heavy atom. The quantitative estimate of drug-likeness (QED) is 0.653. The molecule has 0 aliphatic heterocycles. The maximum absolute atomic E-state index is 12.2. The minimum absolute atomic E-state index is 0.0458. The van der Waals surface area contributed by atoms with Gasteiger partial charge in [0.25, 0.3) is 0 Å². The standard InChI is InChI=1S/C13H12O5/c1-5-2-6(14)10-9(3-5)18-13-8(16)4-7(15)11(13)12(10)17/h2-3,7-8,14-16H,4H2,1H3. The van der Waals surface area contributed by atoms with Crippen LogP contribution in [0.3, 0.4) is 0 Å². The number of fused-ring (bicyclic) bond motifs is 2. The molecule has 18 heavy (non-hydrogen) atoms. The second-order valence-electron chi connectivity index (χ2n) is 4.63. The summed E-state index contributed by atoms with van der Waals surface area (Å²) in [5, 5.41) is 29.3. The Kier molecular flexibility index (Phi) is 2.23. The fraction of sp³-hybridized carbons (Fsp3) is 0.308. The Bertz CT molecular complexity index is 701. The van der Waals surface area contributed by atoms with Crippen LogP contribution in [0.2, 0.25) is 0 Å². The van der Waals surface area contributed by atoms with Crippen molar-refractivity contribution in [3.63, 3.8) is 0 Å². The molecule has 1 aromatic carbocycles. The number of phenols is 1. The third-order valence-corrected chi connectivity index (χ3v) is 3.27. The first-order chi connectivity index (χ1) is 8.49. The average molecular weight is 248 g/mol. The fourth-order valence-electron chi connectivity index (χ4n) is 2.46. The van der Waals surface area contributed by atoms with E-state index >= 15 is 0 Å². The van der Waals surface area contributed by atoms with Crippen molar-refractivity contribution in [2.24, 2.45) is 0 Å². The molecule has 94 valence electrons. The molecule has 2 aromatic rings. The number of benzene rings is 1. The lowest BCUT2D eigenvalue weighted by atomic mass is 10.1. The van der Waals surface area contributed by atoms with Gasteiger partial charge in [0.2, 0.25) is 5.43 Å². The molecule has 0 amide bonds. The van der Waals surface area contributed by atoms with Crippen molar-refractivity contribution in [1.29, 1.82) is 0 Å². The summed E-state index contributed by atoms with van der Waals surface area (Å²) in [7, 11) is 0. The number of hydrogen-bond acceptors (Lipinski definition) is 5. The molecule has 1 aliphatic carbocycles. The van der Waals surface area contributed by atoms with Gasteiger partial charge in [-0.25, -0.2) is 0 Å². The molecule has 1 aromatic heterocycles. The van der Waals surface area contributed by atoms with E-state index in [1.165, 1.54) is 6.07 Å². The van der Waals surface area contributed by atoms with Crippen LogP contribution in [0, 0.1) is 6.92 Å². The van der Waals surface area contributed by atoms with Crippen LogP contribution in [0.15, 0.2) is 21.3 Å². The molecule has 5 heteroatoms. The van der Waals surface area contributed by atoms with Crippen molar-refractivity contribution in [3.8, 4) is 5.75 Å². The summed E-state index contributed by atoms with van der Waals surface area (Å²) in [6, 6.07) is 3.08. The van der Waals surface area contributed by atoms with Crippen LogP contribution < -0.4 is 5.43 Å². The monoisotopic (exact) mass is 248 g/mol. The molecule has 0 saturated heterocycles. The van der Waals surface area contributed by atoms with Crippen LogP contribution in [0.1, 0.15) is 35.5 Å². The van der Waals surface area contributed by atoms with Crippen LogP contribution in [0.4, 0.5) is 0 Å². The van der Waals surface area contributed by atoms with E-state index in [0.29, 0.717) is 0 Å². The van der Waals surface area contributed by atoms with Crippen LogP contribution >= 0.6 is 0 Å². The normalized spacial score (nSPS) is 22.4. The third kappa shape index (κ3) is 1.38. The smallest absolute Gasteiger partial charge is 0.202 e. The zero-order valence-corrected chi connectivity index (χ0v) is 9.67. The minimum Gasteiger partial charge on any atom is -0.507 e. The minimum atomic E-state index is -1.05. The van der Waals surface area contributed by atoms with Crippen LogP contribution in [0.5, 0.6) is 5.75 Å². The van der Waals surface area contributed by atoms with Gasteiger partial charge in [0.1, 0.15) is 28.6 Å². The first kappa shape index (κ1) is 11.3. The van der Waals surface area contributed by atoms with Crippen molar-refractivity contribution in [2.75, 3.05) is 0 Å². The number of aliphatic hydroxyl groups is 2. The second kappa shape index (κ2) is 3.57. The van der Waals surface area contributed by atoms with Gasteiger partial charge in [-0.05, 0) is 24.6 Å². The van der Waals surface area contributed by atoms with Gasteiger partial charge in [-0.2, -0.15) is 0 Å². The molecule has 0 bridgehead atoms. The largest absolute Gasteiger partial charge is 0.507 e. The molecule has 2 unspecified atom stereocenters. The third-order valence-electron chi connectivity index (χ3n) is 3.27. The van der Waals surface area contributed by atoms with Gasteiger partial charge < -0.3 is 19.7 Å². The molecular formula is C13H12O5. The van der Waals surface area contributed by atoms with Gasteiger partial charge in [-0.15, -0.1) is 0 Å².